The fourth-order valence-electron chi connectivity index (χ4n) is 3.54. The van der Waals surface area contributed by atoms with Gasteiger partial charge in [0.2, 0.25) is 6.29 Å². The number of fused-ring (bicyclic) bond motifs is 1. The van der Waals surface area contributed by atoms with Crippen molar-refractivity contribution in [1.29, 1.82) is 0 Å². The molecule has 10 heteroatoms. The van der Waals surface area contributed by atoms with Crippen LogP contribution in [0.1, 0.15) is 0 Å². The maximum Gasteiger partial charge on any atom is 0.229 e. The molecule has 1 aromatic heterocycles. The Balaban J connectivity index is 1.64. The topological polar surface area (TPSA) is 159 Å². The molecule has 0 spiro atoms. The van der Waals surface area contributed by atoms with Crippen LogP contribution in [-0.4, -0.2) is 70.0 Å². The first-order valence-corrected chi connectivity index (χ1v) is 9.73. The summed E-state index contributed by atoms with van der Waals surface area (Å²) >= 11 is 0. The normalized spacial score (nSPS) is 25.6. The summed E-state index contributed by atoms with van der Waals surface area (Å²) in [7, 11) is 1.44. The van der Waals surface area contributed by atoms with Crippen molar-refractivity contribution in [3.8, 4) is 28.4 Å². The van der Waals surface area contributed by atoms with E-state index in [1.54, 1.807) is 6.07 Å². The summed E-state index contributed by atoms with van der Waals surface area (Å²) < 4.78 is 21.6. The molecular formula is C22H22O10. The molecule has 0 amide bonds. The van der Waals surface area contributed by atoms with Crippen molar-refractivity contribution in [2.75, 3.05) is 13.7 Å². The predicted molar refractivity (Wildman–Crippen MR) is 111 cm³/mol. The largest absolute Gasteiger partial charge is 0.508 e. The zero-order valence-corrected chi connectivity index (χ0v) is 16.9. The summed E-state index contributed by atoms with van der Waals surface area (Å²) in [6.07, 6.45) is -5.88. The molecule has 2 aromatic carbocycles. The monoisotopic (exact) mass is 446 g/mol. The van der Waals surface area contributed by atoms with Gasteiger partial charge in [0.05, 0.1) is 24.7 Å². The van der Waals surface area contributed by atoms with Crippen molar-refractivity contribution in [2.24, 2.45) is 0 Å². The quantitative estimate of drug-likeness (QED) is 0.370. The van der Waals surface area contributed by atoms with Crippen LogP contribution in [0.15, 0.2) is 51.9 Å². The van der Waals surface area contributed by atoms with Gasteiger partial charge >= 0.3 is 0 Å². The number of aliphatic hydroxyl groups is 4. The summed E-state index contributed by atoms with van der Waals surface area (Å²) in [5, 5.41) is 49.3. The van der Waals surface area contributed by atoms with Crippen LogP contribution in [0.3, 0.4) is 0 Å². The Morgan fingerprint density at radius 3 is 2.50 bits per heavy atom. The van der Waals surface area contributed by atoms with E-state index in [1.807, 2.05) is 0 Å². The molecule has 0 unspecified atom stereocenters. The summed E-state index contributed by atoms with van der Waals surface area (Å²) in [6.45, 7) is -0.583. The van der Waals surface area contributed by atoms with E-state index in [0.29, 0.717) is 11.3 Å². The van der Waals surface area contributed by atoms with E-state index < -0.39 is 37.3 Å². The number of phenolic OH excluding ortho intramolecular Hbond substituents is 1. The highest BCUT2D eigenvalue weighted by Gasteiger charge is 2.44. The Morgan fingerprint density at radius 1 is 1.00 bits per heavy atom. The molecule has 4 rings (SSSR count). The SMILES string of the molecule is COc1cc(O)cc(-c2coc3cc(O[C@@H]4O[C@H](CO)[C@@H](O)[C@H](O)[C@H]4O)ccc3c2=O)c1. The van der Waals surface area contributed by atoms with Crippen LogP contribution >= 0.6 is 0 Å². The molecule has 5 N–H and O–H groups in total. The standard InChI is InChI=1S/C22H22O10/c1-29-13-5-10(4-11(24)6-13)15-9-30-16-7-12(2-3-14(16)18(15)25)31-22-21(28)20(27)19(26)17(8-23)32-22/h2-7,9,17,19-24,26-28H,8H2,1H3/t17-,19-,20+,21-,22-/m1/s1. The lowest BCUT2D eigenvalue weighted by atomic mass is 9.99. The highest BCUT2D eigenvalue weighted by atomic mass is 16.7. The van der Waals surface area contributed by atoms with Crippen LogP contribution in [0.5, 0.6) is 17.2 Å². The van der Waals surface area contributed by atoms with Crippen molar-refractivity contribution in [1.82, 2.24) is 0 Å². The molecule has 0 bridgehead atoms. The van der Waals surface area contributed by atoms with Crippen molar-refractivity contribution in [3.63, 3.8) is 0 Å². The van der Waals surface area contributed by atoms with Crippen LogP contribution < -0.4 is 14.9 Å². The number of benzene rings is 2. The summed E-state index contributed by atoms with van der Waals surface area (Å²) in [6, 6.07) is 8.74. The Hall–Kier alpha value is -3.15. The number of methoxy groups -OCH3 is 1. The lowest BCUT2D eigenvalue weighted by Gasteiger charge is -2.39. The maximum absolute atomic E-state index is 13.0. The van der Waals surface area contributed by atoms with Gasteiger partial charge in [-0.3, -0.25) is 4.79 Å². The maximum atomic E-state index is 13.0. The molecule has 1 fully saturated rings. The molecule has 0 aliphatic carbocycles. The van der Waals surface area contributed by atoms with Gasteiger partial charge in [0, 0.05) is 12.1 Å². The van der Waals surface area contributed by atoms with Gasteiger partial charge in [0.25, 0.3) is 0 Å². The average Bonchev–Trinajstić information content (AvgIpc) is 2.79. The van der Waals surface area contributed by atoms with Gasteiger partial charge in [-0.15, -0.1) is 0 Å². The highest BCUT2D eigenvalue weighted by Crippen LogP contribution is 2.30. The molecule has 2 heterocycles. The van der Waals surface area contributed by atoms with E-state index in [1.165, 1.54) is 43.7 Å². The minimum absolute atomic E-state index is 0.0675. The van der Waals surface area contributed by atoms with E-state index in [0.717, 1.165) is 0 Å². The van der Waals surface area contributed by atoms with E-state index >= 15 is 0 Å². The van der Waals surface area contributed by atoms with Gasteiger partial charge in [-0.1, -0.05) is 0 Å². The molecule has 3 aromatic rings. The number of phenols is 1. The first-order chi connectivity index (χ1) is 15.3. The zero-order chi connectivity index (χ0) is 23.0. The predicted octanol–water partition coefficient (Wildman–Crippen LogP) is 0.353. The molecule has 1 saturated heterocycles. The van der Waals surface area contributed by atoms with E-state index in [-0.39, 0.29) is 33.5 Å². The first kappa shape index (κ1) is 22.1. The number of ether oxygens (including phenoxy) is 3. The van der Waals surface area contributed by atoms with Gasteiger partial charge in [-0.2, -0.15) is 0 Å². The summed E-state index contributed by atoms with van der Waals surface area (Å²) in [5.41, 5.74) is 0.472. The van der Waals surface area contributed by atoms with Gasteiger partial charge in [0.15, 0.2) is 5.43 Å². The Bertz CT molecular complexity index is 1170. The second kappa shape index (κ2) is 8.77. The smallest absolute Gasteiger partial charge is 0.229 e. The molecule has 1 aliphatic rings. The molecule has 10 nitrogen and oxygen atoms in total. The number of aliphatic hydroxyl groups excluding tert-OH is 4. The fraction of sp³-hybridized carbons (Fsp3) is 0.318. The Labute approximate surface area is 181 Å². The van der Waals surface area contributed by atoms with Gasteiger partial charge in [0.1, 0.15) is 53.5 Å². The molecule has 32 heavy (non-hydrogen) atoms. The van der Waals surface area contributed by atoms with Gasteiger partial charge in [-0.05, 0) is 29.8 Å². The summed E-state index contributed by atoms with van der Waals surface area (Å²) in [5.74, 6) is 0.474. The van der Waals surface area contributed by atoms with E-state index in [4.69, 9.17) is 18.6 Å². The van der Waals surface area contributed by atoms with Crippen molar-refractivity contribution < 1.29 is 44.2 Å². The lowest BCUT2D eigenvalue weighted by molar-refractivity contribution is -0.277. The third-order valence-electron chi connectivity index (χ3n) is 5.28. The van der Waals surface area contributed by atoms with Crippen LogP contribution in [-0.2, 0) is 4.74 Å². The third-order valence-corrected chi connectivity index (χ3v) is 5.28. The third kappa shape index (κ3) is 4.01. The molecule has 0 saturated carbocycles. The van der Waals surface area contributed by atoms with Crippen molar-refractivity contribution in [3.05, 3.63) is 52.9 Å². The Kier molecular flexibility index (Phi) is 6.04. The van der Waals surface area contributed by atoms with Crippen LogP contribution in [0.25, 0.3) is 22.1 Å². The molecule has 0 radical (unpaired) electrons. The Morgan fingerprint density at radius 2 is 1.78 bits per heavy atom. The highest BCUT2D eigenvalue weighted by molar-refractivity contribution is 5.83. The zero-order valence-electron chi connectivity index (χ0n) is 16.9. The molecule has 170 valence electrons. The van der Waals surface area contributed by atoms with Crippen molar-refractivity contribution >= 4 is 11.0 Å². The second-order valence-corrected chi connectivity index (χ2v) is 7.37. The molecule has 5 atom stereocenters. The second-order valence-electron chi connectivity index (χ2n) is 7.37. The molecular weight excluding hydrogens is 424 g/mol. The van der Waals surface area contributed by atoms with Gasteiger partial charge < -0.3 is 44.2 Å². The summed E-state index contributed by atoms with van der Waals surface area (Å²) in [4.78, 5) is 13.0. The number of hydrogen-bond acceptors (Lipinski definition) is 10. The number of hydrogen-bond donors (Lipinski definition) is 5. The van der Waals surface area contributed by atoms with E-state index in [9.17, 15) is 30.3 Å². The minimum atomic E-state index is -1.58. The minimum Gasteiger partial charge on any atom is -0.508 e. The number of rotatable bonds is 5. The van der Waals surface area contributed by atoms with Crippen LogP contribution in [0.2, 0.25) is 0 Å². The van der Waals surface area contributed by atoms with E-state index in [2.05, 4.69) is 0 Å². The number of aromatic hydroxyl groups is 1. The van der Waals surface area contributed by atoms with Crippen LogP contribution in [0.4, 0.5) is 0 Å². The fourth-order valence-corrected chi connectivity index (χ4v) is 3.54. The van der Waals surface area contributed by atoms with Crippen LogP contribution in [0, 0.1) is 0 Å². The lowest BCUT2D eigenvalue weighted by Crippen LogP contribution is -2.60. The van der Waals surface area contributed by atoms with Crippen molar-refractivity contribution in [2.45, 2.75) is 30.7 Å². The van der Waals surface area contributed by atoms with Gasteiger partial charge in [-0.25, -0.2) is 0 Å². The molecule has 1 aliphatic heterocycles. The first-order valence-electron chi connectivity index (χ1n) is 9.73. The average molecular weight is 446 g/mol.